The highest BCUT2D eigenvalue weighted by atomic mass is 35.5. The smallest absolute Gasteiger partial charge is 0.250 e. The SMILES string of the molecule is O=S(=O)(NCCC1CCNC1)c1ccc(Cl)s1. The van der Waals surface area contributed by atoms with Crippen LogP contribution in [0, 0.1) is 5.92 Å². The summed E-state index contributed by atoms with van der Waals surface area (Å²) in [5, 5.41) is 3.26. The van der Waals surface area contributed by atoms with Gasteiger partial charge in [-0.15, -0.1) is 11.3 Å². The van der Waals surface area contributed by atoms with E-state index in [1.807, 2.05) is 0 Å². The van der Waals surface area contributed by atoms with Crippen molar-refractivity contribution in [3.63, 3.8) is 0 Å². The highest BCUT2D eigenvalue weighted by Gasteiger charge is 2.18. The molecule has 7 heteroatoms. The fraction of sp³-hybridized carbons (Fsp3) is 0.600. The van der Waals surface area contributed by atoms with E-state index in [2.05, 4.69) is 10.0 Å². The maximum Gasteiger partial charge on any atom is 0.250 e. The molecule has 96 valence electrons. The third-order valence-electron chi connectivity index (χ3n) is 2.82. The van der Waals surface area contributed by atoms with Gasteiger partial charge in [-0.05, 0) is 44.0 Å². The van der Waals surface area contributed by atoms with E-state index >= 15 is 0 Å². The number of nitrogens with one attached hydrogen (secondary N) is 2. The van der Waals surface area contributed by atoms with Gasteiger partial charge in [0.15, 0.2) is 0 Å². The first-order valence-electron chi connectivity index (χ1n) is 5.53. The molecule has 2 heterocycles. The molecule has 1 atom stereocenters. The molecule has 4 nitrogen and oxygen atoms in total. The number of hydrogen-bond acceptors (Lipinski definition) is 4. The Bertz CT molecular complexity index is 466. The van der Waals surface area contributed by atoms with Crippen LogP contribution in [0.2, 0.25) is 4.34 Å². The first-order chi connectivity index (χ1) is 8.08. The van der Waals surface area contributed by atoms with Gasteiger partial charge in [0, 0.05) is 6.54 Å². The van der Waals surface area contributed by atoms with E-state index in [0.29, 0.717) is 16.8 Å². The molecular formula is C10H15ClN2O2S2. The third kappa shape index (κ3) is 3.66. The predicted molar refractivity (Wildman–Crippen MR) is 70.1 cm³/mol. The van der Waals surface area contributed by atoms with Crippen LogP contribution < -0.4 is 10.0 Å². The quantitative estimate of drug-likeness (QED) is 0.869. The Balaban J connectivity index is 1.85. The number of sulfonamides is 1. The molecule has 2 rings (SSSR count). The lowest BCUT2D eigenvalue weighted by atomic mass is 10.1. The lowest BCUT2D eigenvalue weighted by Crippen LogP contribution is -2.26. The maximum absolute atomic E-state index is 11.8. The summed E-state index contributed by atoms with van der Waals surface area (Å²) in [5.41, 5.74) is 0. The minimum atomic E-state index is -3.37. The second kappa shape index (κ2) is 5.67. The van der Waals surface area contributed by atoms with Crippen LogP contribution in [0.4, 0.5) is 0 Å². The van der Waals surface area contributed by atoms with Gasteiger partial charge in [0.25, 0.3) is 0 Å². The van der Waals surface area contributed by atoms with Gasteiger partial charge in [-0.2, -0.15) is 0 Å². The number of rotatable bonds is 5. The number of thiophene rings is 1. The Morgan fingerprint density at radius 3 is 2.94 bits per heavy atom. The fourth-order valence-corrected chi connectivity index (χ4v) is 4.45. The second-order valence-electron chi connectivity index (χ2n) is 4.10. The summed E-state index contributed by atoms with van der Waals surface area (Å²) in [6.45, 7) is 2.52. The Morgan fingerprint density at radius 1 is 1.53 bits per heavy atom. The Labute approximate surface area is 110 Å². The fourth-order valence-electron chi connectivity index (χ4n) is 1.87. The lowest BCUT2D eigenvalue weighted by molar-refractivity contribution is 0.520. The Morgan fingerprint density at radius 2 is 2.35 bits per heavy atom. The zero-order valence-electron chi connectivity index (χ0n) is 9.28. The molecule has 2 N–H and O–H groups in total. The second-order valence-corrected chi connectivity index (χ2v) is 7.81. The van der Waals surface area contributed by atoms with E-state index in [9.17, 15) is 8.42 Å². The normalized spacial score (nSPS) is 20.9. The molecule has 1 aromatic rings. The summed E-state index contributed by atoms with van der Waals surface area (Å²) in [6.07, 6.45) is 2.01. The van der Waals surface area contributed by atoms with Gasteiger partial charge in [-0.3, -0.25) is 0 Å². The molecule has 1 aromatic heterocycles. The van der Waals surface area contributed by atoms with Crippen molar-refractivity contribution in [1.29, 1.82) is 0 Å². The summed E-state index contributed by atoms with van der Waals surface area (Å²) >= 11 is 6.80. The molecule has 17 heavy (non-hydrogen) atoms. The van der Waals surface area contributed by atoms with Gasteiger partial charge in [0.2, 0.25) is 10.0 Å². The van der Waals surface area contributed by atoms with Crippen molar-refractivity contribution < 1.29 is 8.42 Å². The largest absolute Gasteiger partial charge is 0.316 e. The Kier molecular flexibility index (Phi) is 4.43. The number of halogens is 1. The van der Waals surface area contributed by atoms with Crippen LogP contribution in [0.5, 0.6) is 0 Å². The highest BCUT2D eigenvalue weighted by Crippen LogP contribution is 2.25. The van der Waals surface area contributed by atoms with Gasteiger partial charge < -0.3 is 5.32 Å². The maximum atomic E-state index is 11.8. The zero-order chi connectivity index (χ0) is 12.3. The molecule has 1 fully saturated rings. The zero-order valence-corrected chi connectivity index (χ0v) is 11.7. The molecule has 0 saturated carbocycles. The van der Waals surface area contributed by atoms with Crippen LogP contribution in [0.3, 0.4) is 0 Å². The van der Waals surface area contributed by atoms with Gasteiger partial charge in [0.1, 0.15) is 4.21 Å². The highest BCUT2D eigenvalue weighted by molar-refractivity contribution is 7.91. The van der Waals surface area contributed by atoms with E-state index in [4.69, 9.17) is 11.6 Å². The molecule has 1 aliphatic heterocycles. The molecule has 0 aromatic carbocycles. The Hall–Kier alpha value is -0.140. The minimum Gasteiger partial charge on any atom is -0.316 e. The molecule has 0 spiro atoms. The molecular weight excluding hydrogens is 280 g/mol. The first kappa shape index (κ1) is 13.3. The minimum absolute atomic E-state index is 0.284. The van der Waals surface area contributed by atoms with Crippen molar-refractivity contribution >= 4 is 33.0 Å². The van der Waals surface area contributed by atoms with Crippen molar-refractivity contribution in [3.8, 4) is 0 Å². The average molecular weight is 295 g/mol. The topological polar surface area (TPSA) is 58.2 Å². The summed E-state index contributed by atoms with van der Waals surface area (Å²) in [4.78, 5) is 0. The summed E-state index contributed by atoms with van der Waals surface area (Å²) in [7, 11) is -3.37. The van der Waals surface area contributed by atoms with E-state index in [0.717, 1.165) is 37.3 Å². The molecule has 0 radical (unpaired) electrons. The average Bonchev–Trinajstić information content (AvgIpc) is 2.89. The predicted octanol–water partition coefficient (Wildman–Crippen LogP) is 1.68. The van der Waals surface area contributed by atoms with Gasteiger partial charge >= 0.3 is 0 Å². The molecule has 1 aliphatic rings. The summed E-state index contributed by atoms with van der Waals surface area (Å²) < 4.78 is 27.1. The van der Waals surface area contributed by atoms with Crippen molar-refractivity contribution in [2.24, 2.45) is 5.92 Å². The standard InChI is InChI=1S/C10H15ClN2O2S2/c11-9-1-2-10(16-9)17(14,15)13-6-4-8-3-5-12-7-8/h1-2,8,12-13H,3-7H2. The first-order valence-corrected chi connectivity index (χ1v) is 8.21. The van der Waals surface area contributed by atoms with Crippen LogP contribution >= 0.6 is 22.9 Å². The van der Waals surface area contributed by atoms with Crippen LogP contribution in [-0.4, -0.2) is 28.1 Å². The summed E-state index contributed by atoms with van der Waals surface area (Å²) in [5.74, 6) is 0.588. The monoisotopic (exact) mass is 294 g/mol. The third-order valence-corrected chi connectivity index (χ3v) is 6.00. The van der Waals surface area contributed by atoms with Crippen molar-refractivity contribution in [2.45, 2.75) is 17.1 Å². The van der Waals surface area contributed by atoms with E-state index < -0.39 is 10.0 Å². The van der Waals surface area contributed by atoms with Crippen molar-refractivity contribution in [1.82, 2.24) is 10.0 Å². The molecule has 1 unspecified atom stereocenters. The molecule has 0 bridgehead atoms. The van der Waals surface area contributed by atoms with E-state index in [-0.39, 0.29) is 4.21 Å². The van der Waals surface area contributed by atoms with Crippen molar-refractivity contribution in [2.75, 3.05) is 19.6 Å². The molecule has 0 aliphatic carbocycles. The van der Waals surface area contributed by atoms with Crippen LogP contribution in [0.15, 0.2) is 16.3 Å². The molecule has 1 saturated heterocycles. The summed E-state index contributed by atoms with van der Waals surface area (Å²) in [6, 6.07) is 3.13. The van der Waals surface area contributed by atoms with Crippen LogP contribution in [0.1, 0.15) is 12.8 Å². The number of hydrogen-bond donors (Lipinski definition) is 2. The van der Waals surface area contributed by atoms with Gasteiger partial charge in [-0.1, -0.05) is 11.6 Å². The van der Waals surface area contributed by atoms with Crippen molar-refractivity contribution in [3.05, 3.63) is 16.5 Å². The van der Waals surface area contributed by atoms with Crippen LogP contribution in [0.25, 0.3) is 0 Å². The molecule has 0 amide bonds. The van der Waals surface area contributed by atoms with Gasteiger partial charge in [-0.25, -0.2) is 13.1 Å². The van der Waals surface area contributed by atoms with Crippen LogP contribution in [-0.2, 0) is 10.0 Å². The van der Waals surface area contributed by atoms with Gasteiger partial charge in [0.05, 0.1) is 4.34 Å². The van der Waals surface area contributed by atoms with E-state index in [1.165, 1.54) is 6.07 Å². The van der Waals surface area contributed by atoms with E-state index in [1.54, 1.807) is 6.07 Å². The lowest BCUT2D eigenvalue weighted by Gasteiger charge is -2.08.